The van der Waals surface area contributed by atoms with Gasteiger partial charge in [0.2, 0.25) is 0 Å². The van der Waals surface area contributed by atoms with Gasteiger partial charge >= 0.3 is 0 Å². The molecule has 0 heterocycles. The second kappa shape index (κ2) is 11.5. The summed E-state index contributed by atoms with van der Waals surface area (Å²) in [6.07, 6.45) is 17.5. The number of unbranched alkanes of at least 4 members (excludes halogenated alkanes) is 1. The Morgan fingerprint density at radius 2 is 1.42 bits per heavy atom. The molecular formula is C19H35Br3OSi. The maximum absolute atomic E-state index is 6.14. The molecule has 0 spiro atoms. The van der Waals surface area contributed by atoms with Crippen LogP contribution in [0, 0.1) is 17.8 Å². The second-order valence-corrected chi connectivity index (χ2v) is 31.5. The van der Waals surface area contributed by atoms with E-state index in [4.69, 9.17) is 4.74 Å². The van der Waals surface area contributed by atoms with Crippen molar-refractivity contribution in [1.29, 1.82) is 0 Å². The lowest BCUT2D eigenvalue weighted by molar-refractivity contribution is 0.00728. The van der Waals surface area contributed by atoms with Crippen LogP contribution in [0.4, 0.5) is 0 Å². The molecule has 2 aliphatic carbocycles. The van der Waals surface area contributed by atoms with Gasteiger partial charge in [0.05, 0.1) is 6.10 Å². The zero-order valence-electron chi connectivity index (χ0n) is 15.3. The molecule has 0 bridgehead atoms. The van der Waals surface area contributed by atoms with E-state index in [0.717, 1.165) is 30.8 Å². The molecule has 0 aromatic rings. The summed E-state index contributed by atoms with van der Waals surface area (Å²) in [5.74, 6) is 3.09. The van der Waals surface area contributed by atoms with Gasteiger partial charge in [0.15, 0.2) is 0 Å². The third-order valence-electron chi connectivity index (χ3n) is 6.20. The average Bonchev–Trinajstić information content (AvgIpc) is 2.57. The van der Waals surface area contributed by atoms with E-state index < -0.39 is 3.93 Å². The summed E-state index contributed by atoms with van der Waals surface area (Å²) in [4.78, 5) is 0. The summed E-state index contributed by atoms with van der Waals surface area (Å²) in [7, 11) is 0. The molecule has 0 aliphatic heterocycles. The van der Waals surface area contributed by atoms with Gasteiger partial charge in [-0.15, -0.1) is 0 Å². The van der Waals surface area contributed by atoms with Crippen LogP contribution in [-0.4, -0.2) is 16.6 Å². The van der Waals surface area contributed by atoms with Crippen LogP contribution in [0.1, 0.15) is 84.0 Å². The molecule has 2 rings (SSSR count). The molecule has 2 aliphatic rings. The summed E-state index contributed by atoms with van der Waals surface area (Å²) >= 11 is 11.1. The van der Waals surface area contributed by atoms with Crippen LogP contribution < -0.4 is 0 Å². The number of rotatable bonds is 9. The SMILES string of the molecule is CCCC[C@H]1CC[C@H]([C@H]2CC[C@H](OCCC[Si](Br)(Br)Br)CC2)CC1. The molecule has 2 saturated carbocycles. The van der Waals surface area contributed by atoms with Crippen molar-refractivity contribution in [3.05, 3.63) is 0 Å². The van der Waals surface area contributed by atoms with Gasteiger partial charge in [-0.05, 0) is 68.7 Å². The Balaban J connectivity index is 1.56. The molecule has 0 aromatic carbocycles. The van der Waals surface area contributed by atoms with Crippen LogP contribution in [0.25, 0.3) is 0 Å². The molecule has 24 heavy (non-hydrogen) atoms. The Hall–Kier alpha value is 1.62. The van der Waals surface area contributed by atoms with Crippen molar-refractivity contribution in [1.82, 2.24) is 0 Å². The first kappa shape index (κ1) is 21.9. The molecule has 142 valence electrons. The number of hydrogen-bond donors (Lipinski definition) is 0. The third-order valence-corrected chi connectivity index (χ3v) is 10.7. The van der Waals surface area contributed by atoms with Crippen LogP contribution in [-0.2, 0) is 4.74 Å². The lowest BCUT2D eigenvalue weighted by Crippen LogP contribution is -2.29. The highest BCUT2D eigenvalue weighted by Gasteiger charge is 2.31. The van der Waals surface area contributed by atoms with Crippen molar-refractivity contribution in [2.75, 3.05) is 6.61 Å². The van der Waals surface area contributed by atoms with Gasteiger partial charge in [-0.1, -0.05) is 84.9 Å². The molecule has 1 nitrogen and oxygen atoms in total. The van der Waals surface area contributed by atoms with E-state index in [1.165, 1.54) is 76.7 Å². The Morgan fingerprint density at radius 1 is 0.833 bits per heavy atom. The lowest BCUT2D eigenvalue weighted by atomic mass is 9.70. The van der Waals surface area contributed by atoms with E-state index in [9.17, 15) is 0 Å². The summed E-state index contributed by atoms with van der Waals surface area (Å²) in [5.41, 5.74) is 0. The Morgan fingerprint density at radius 3 is 1.96 bits per heavy atom. The number of ether oxygens (including phenoxy) is 1. The monoisotopic (exact) mass is 544 g/mol. The molecule has 5 heteroatoms. The topological polar surface area (TPSA) is 9.23 Å². The van der Waals surface area contributed by atoms with Crippen LogP contribution in [0.15, 0.2) is 0 Å². The smallest absolute Gasteiger partial charge is 0.267 e. The largest absolute Gasteiger partial charge is 0.378 e. The first-order valence-electron chi connectivity index (χ1n) is 10.2. The van der Waals surface area contributed by atoms with Gasteiger partial charge in [0.1, 0.15) is 0 Å². The Bertz CT molecular complexity index is 332. The number of hydrogen-bond acceptors (Lipinski definition) is 1. The molecule has 0 N–H and O–H groups in total. The minimum atomic E-state index is -1.43. The highest BCUT2D eigenvalue weighted by molar-refractivity contribution is 9.72. The van der Waals surface area contributed by atoms with Crippen molar-refractivity contribution < 1.29 is 4.74 Å². The van der Waals surface area contributed by atoms with Crippen LogP contribution in [0.5, 0.6) is 0 Å². The summed E-state index contributed by atoms with van der Waals surface area (Å²) in [5, 5.41) is 0. The van der Waals surface area contributed by atoms with Crippen LogP contribution in [0.2, 0.25) is 6.04 Å². The minimum Gasteiger partial charge on any atom is -0.378 e. The fourth-order valence-electron chi connectivity index (χ4n) is 4.69. The highest BCUT2D eigenvalue weighted by atomic mass is 80.0. The predicted octanol–water partition coefficient (Wildman–Crippen LogP) is 8.07. The van der Waals surface area contributed by atoms with Crippen molar-refractivity contribution in [3.63, 3.8) is 0 Å². The van der Waals surface area contributed by atoms with E-state index in [0.29, 0.717) is 6.10 Å². The van der Waals surface area contributed by atoms with E-state index in [2.05, 4.69) is 52.8 Å². The van der Waals surface area contributed by atoms with Crippen molar-refractivity contribution in [2.24, 2.45) is 17.8 Å². The zero-order valence-corrected chi connectivity index (χ0v) is 21.0. The molecule has 0 aromatic heterocycles. The second-order valence-electron chi connectivity index (χ2n) is 8.05. The molecular weight excluding hydrogens is 512 g/mol. The fourth-order valence-corrected chi connectivity index (χ4v) is 7.76. The average molecular weight is 547 g/mol. The maximum Gasteiger partial charge on any atom is 0.267 e. The van der Waals surface area contributed by atoms with E-state index >= 15 is 0 Å². The number of halogens is 3. The van der Waals surface area contributed by atoms with Gasteiger partial charge in [0, 0.05) is 6.61 Å². The lowest BCUT2D eigenvalue weighted by Gasteiger charge is -2.38. The molecule has 0 amide bonds. The Kier molecular flexibility index (Phi) is 10.5. The van der Waals surface area contributed by atoms with Crippen molar-refractivity contribution >= 4 is 49.8 Å². The van der Waals surface area contributed by atoms with E-state index in [1.54, 1.807) is 0 Å². The van der Waals surface area contributed by atoms with Gasteiger partial charge in [-0.2, -0.15) is 0 Å². The normalized spacial score (nSPS) is 32.0. The quantitative estimate of drug-likeness (QED) is 0.161. The Labute approximate surface area is 174 Å². The minimum absolute atomic E-state index is 0.541. The molecule has 0 unspecified atom stereocenters. The van der Waals surface area contributed by atoms with Gasteiger partial charge < -0.3 is 4.74 Å². The van der Waals surface area contributed by atoms with Crippen molar-refractivity contribution in [2.45, 2.75) is 96.1 Å². The molecule has 0 radical (unpaired) electrons. The van der Waals surface area contributed by atoms with Gasteiger partial charge in [0.25, 0.3) is 3.93 Å². The van der Waals surface area contributed by atoms with Crippen LogP contribution in [0.3, 0.4) is 0 Å². The zero-order chi connectivity index (χ0) is 17.4. The fraction of sp³-hybridized carbons (Fsp3) is 1.00. The van der Waals surface area contributed by atoms with Crippen molar-refractivity contribution in [3.8, 4) is 0 Å². The summed E-state index contributed by atoms with van der Waals surface area (Å²) in [6.45, 7) is 3.25. The van der Waals surface area contributed by atoms with Gasteiger partial charge in [-0.25, -0.2) is 0 Å². The maximum atomic E-state index is 6.14. The predicted molar refractivity (Wildman–Crippen MR) is 119 cm³/mol. The first-order valence-corrected chi connectivity index (χ1v) is 19.1. The standard InChI is InChI=1S/C19H35Br3OSi/c1-2-3-5-16-6-8-17(9-7-16)18-10-12-19(13-11-18)23-14-4-15-24(20,21)22/h16-19H,2-15H2,1H3/t16-,17-,18-,19-. The van der Waals surface area contributed by atoms with Crippen LogP contribution >= 0.6 is 45.9 Å². The van der Waals surface area contributed by atoms with E-state index in [-0.39, 0.29) is 0 Å². The first-order chi connectivity index (χ1) is 11.5. The molecule has 2 fully saturated rings. The summed E-state index contributed by atoms with van der Waals surface area (Å²) in [6, 6.07) is 1.17. The molecule has 0 atom stereocenters. The highest BCUT2D eigenvalue weighted by Crippen LogP contribution is 2.41. The molecule has 0 saturated heterocycles. The third kappa shape index (κ3) is 8.54. The summed E-state index contributed by atoms with van der Waals surface area (Å²) < 4.78 is 4.70. The van der Waals surface area contributed by atoms with Gasteiger partial charge in [-0.3, -0.25) is 0 Å². The van der Waals surface area contributed by atoms with E-state index in [1.807, 2.05) is 0 Å².